The Hall–Kier alpha value is -9.54. The third-order valence-electron chi connectivity index (χ3n) is 19.0. The number of fused-ring (bicyclic) bond motifs is 3. The van der Waals surface area contributed by atoms with Gasteiger partial charge in [-0.2, -0.15) is 0 Å². The molecule has 0 bridgehead atoms. The zero-order chi connectivity index (χ0) is 78.2. The Kier molecular flexibility index (Phi) is 35.7. The van der Waals surface area contributed by atoms with Crippen molar-refractivity contribution >= 4 is 80.8 Å². The smallest absolute Gasteiger partial charge is 0.870 e. The summed E-state index contributed by atoms with van der Waals surface area (Å²) in [6, 6.07) is 46.2. The van der Waals surface area contributed by atoms with Crippen molar-refractivity contribution in [3.63, 3.8) is 0 Å². The largest absolute Gasteiger partial charge is 1.00 e. The van der Waals surface area contributed by atoms with Gasteiger partial charge in [-0.15, -0.1) is 0 Å². The molecular weight excluding hydrogens is 1540 g/mol. The molecule has 0 amide bonds. The first kappa shape index (κ1) is 93.1. The van der Waals surface area contributed by atoms with E-state index in [1.54, 1.807) is 64.0 Å². The molecule has 6 aromatic heterocycles. The molecule has 23 nitrogen and oxygen atoms in total. The predicted octanol–water partition coefficient (Wildman–Crippen LogP) is 10.3. The molecule has 0 spiro atoms. The van der Waals surface area contributed by atoms with Crippen LogP contribution in [0.3, 0.4) is 0 Å². The molecule has 6 aromatic carbocycles. The first-order valence-electron chi connectivity index (χ1n) is 35.6. The minimum Gasteiger partial charge on any atom is -0.870 e. The number of aliphatic hydroxyl groups is 2. The quantitative estimate of drug-likeness (QED) is 0.0304. The van der Waals surface area contributed by atoms with Crippen molar-refractivity contribution in [2.45, 2.75) is 130 Å². The number of aryl methyl sites for hydroxylation is 3. The van der Waals surface area contributed by atoms with E-state index < -0.39 is 34.3 Å². The summed E-state index contributed by atoms with van der Waals surface area (Å²) in [7, 11) is 4.85. The van der Waals surface area contributed by atoms with Crippen LogP contribution in [0.25, 0.3) is 66.5 Å². The molecule has 0 saturated heterocycles. The van der Waals surface area contributed by atoms with Gasteiger partial charge in [0.15, 0.2) is 0 Å². The minimum absolute atomic E-state index is 0. The van der Waals surface area contributed by atoms with Crippen molar-refractivity contribution in [2.75, 3.05) is 13.2 Å². The minimum atomic E-state index is -1.13. The van der Waals surface area contributed by atoms with E-state index in [1.807, 2.05) is 110 Å². The number of aliphatic hydroxyl groups excluding tert-OH is 2. The van der Waals surface area contributed by atoms with Crippen molar-refractivity contribution in [3.8, 4) is 33.4 Å². The second kappa shape index (κ2) is 42.9. The molecule has 12 rings (SSSR count). The molecule has 6 N–H and O–H groups in total. The molecule has 0 aliphatic rings. The molecule has 1 atom stereocenters. The van der Waals surface area contributed by atoms with E-state index in [0.29, 0.717) is 98.9 Å². The van der Waals surface area contributed by atoms with Gasteiger partial charge in [0.05, 0.1) is 22.8 Å². The second-order valence-electron chi connectivity index (χ2n) is 27.0. The van der Waals surface area contributed by atoms with Crippen molar-refractivity contribution in [2.24, 2.45) is 21.1 Å². The fourth-order valence-corrected chi connectivity index (χ4v) is 13.9. The van der Waals surface area contributed by atoms with Gasteiger partial charge in [-0.1, -0.05) is 199 Å². The SMILES string of the molecule is CC(C)c1ccccc1-c1cnc2c(c1Cc1ccc(Cl)cc1)c(=O)n(CCCO)c(=O)n2C.CC(C)c1ccccc1-c1cnc2c(c1Cc1ccc(Cl)cc1)c(=O)n(CCCOC=O)c(=O)n2C.CCCCn1c(=O)c2c(C(O)c3ccc(Cl)cc3)c(-c3ccccc3C(C)C)cnc2n(C)c1=O.O.O=CO.[Li+].[OH-].[Zn]. The van der Waals surface area contributed by atoms with Crippen LogP contribution in [0.5, 0.6) is 0 Å². The molecule has 0 aliphatic carbocycles. The molecule has 0 saturated carbocycles. The van der Waals surface area contributed by atoms with E-state index >= 15 is 0 Å². The first-order chi connectivity index (χ1) is 51.8. The Labute approximate surface area is 687 Å². The Balaban J connectivity index is 0.000000290. The van der Waals surface area contributed by atoms with Crippen LogP contribution in [-0.4, -0.2) is 94.8 Å². The van der Waals surface area contributed by atoms with E-state index in [2.05, 4.69) is 74.7 Å². The van der Waals surface area contributed by atoms with Crippen LogP contribution in [0.2, 0.25) is 15.1 Å². The number of hydrogen-bond acceptors (Lipinski definition) is 15. The van der Waals surface area contributed by atoms with Crippen LogP contribution in [0.1, 0.15) is 148 Å². The van der Waals surface area contributed by atoms with Crippen LogP contribution >= 0.6 is 34.8 Å². The number of aromatic nitrogens is 9. The molecule has 6 heterocycles. The van der Waals surface area contributed by atoms with E-state index in [4.69, 9.17) is 49.4 Å². The van der Waals surface area contributed by atoms with Crippen molar-refractivity contribution < 1.29 is 78.9 Å². The summed E-state index contributed by atoms with van der Waals surface area (Å²) in [5.74, 6) is 0.746. The van der Waals surface area contributed by atoms with Crippen LogP contribution in [-0.2, 0) is 87.4 Å². The van der Waals surface area contributed by atoms with Gasteiger partial charge < -0.3 is 31.0 Å². The Morgan fingerprint density at radius 3 is 1.15 bits per heavy atom. The van der Waals surface area contributed by atoms with Gasteiger partial charge in [-0.25, -0.2) is 29.3 Å². The van der Waals surface area contributed by atoms with Crippen molar-refractivity contribution in [3.05, 3.63) is 292 Å². The Morgan fingerprint density at radius 1 is 0.473 bits per heavy atom. The summed E-state index contributed by atoms with van der Waals surface area (Å²) in [6.45, 7) is 15.4. The standard InChI is InChI=1S/C28H28ClN3O4.C28H30ClN3O3.C27H28ClN3O3.CH2O2.Li.2H2O.Zn/c1-18(2)21-7-4-5-8-22(21)24-16-30-26-25(23(24)15-19-9-11-20(29)12-10-19)27(34)32(28(35)31(26)3)13-6-14-36-17-33;1-5-6-15-32-27(34)24-23(25(33)18-11-13-19(29)14-12-18)22(16-30-26(24)31(4)28(32)35)21-10-8-7-9-20(21)17(2)3;1-17(2)20-7-4-5-8-21(20)23-16-29-25-24(22(23)15-18-9-11-19(28)12-10-18)26(33)31(13-6-14-32)27(34)30(25)3;2-1-3;;;;/h4-5,7-12,16-18H,6,13-15H2,1-3H3;7-14,16-17,25,33H,5-6,15H2,1-4H3;4-5,7-12,16-17,32H,6,13-15H2,1-3H3;1H,(H,2,3);;2*1H2;/q;;;;+1;;;/p-1. The summed E-state index contributed by atoms with van der Waals surface area (Å²) >= 11 is 18.3. The van der Waals surface area contributed by atoms with E-state index in [1.165, 1.54) is 27.4 Å². The number of pyridine rings is 3. The van der Waals surface area contributed by atoms with Gasteiger partial charge in [0.25, 0.3) is 29.6 Å². The summed E-state index contributed by atoms with van der Waals surface area (Å²) in [5, 5.41) is 30.8. The normalized spacial score (nSPS) is 11.1. The second-order valence-corrected chi connectivity index (χ2v) is 28.3. The molecule has 112 heavy (non-hydrogen) atoms. The maximum Gasteiger partial charge on any atom is 1.00 e. The average Bonchev–Trinajstić information content (AvgIpc) is 0.748. The monoisotopic (exact) mass is 1630 g/mol. The van der Waals surface area contributed by atoms with E-state index in [0.717, 1.165) is 73.2 Å². The molecule has 0 fully saturated rings. The molecule has 12 aromatic rings. The number of benzene rings is 6. The van der Waals surface area contributed by atoms with Crippen LogP contribution in [0.4, 0.5) is 0 Å². The van der Waals surface area contributed by atoms with E-state index in [-0.39, 0.29) is 116 Å². The fraction of sp³-hybridized carbons (Fsp3) is 0.298. The third-order valence-corrected chi connectivity index (χ3v) is 19.7. The Bertz CT molecular complexity index is 5630. The van der Waals surface area contributed by atoms with Crippen LogP contribution in [0, 0.1) is 0 Å². The van der Waals surface area contributed by atoms with Gasteiger partial charge in [-0.3, -0.25) is 51.4 Å². The zero-order valence-corrected chi connectivity index (χ0v) is 69.9. The molecular formula is C84H91Cl3LiN9O14Zn. The number of hydrogen-bond donors (Lipinski definition) is 3. The molecule has 580 valence electrons. The number of ether oxygens (including phenoxy) is 1. The maximum absolute atomic E-state index is 13.8. The van der Waals surface area contributed by atoms with Crippen LogP contribution in [0.15, 0.2) is 193 Å². The van der Waals surface area contributed by atoms with Gasteiger partial charge in [-0.05, 0) is 147 Å². The van der Waals surface area contributed by atoms with Gasteiger partial charge in [0.2, 0.25) is 0 Å². The molecule has 1 unspecified atom stereocenters. The topological polar surface area (TPSA) is 336 Å². The van der Waals surface area contributed by atoms with Gasteiger partial charge in [0, 0.05) is 123 Å². The summed E-state index contributed by atoms with van der Waals surface area (Å²) in [5.41, 5.74) is 11.7. The number of carbonyl (C=O) groups is 2. The van der Waals surface area contributed by atoms with Crippen LogP contribution < -0.4 is 52.6 Å². The van der Waals surface area contributed by atoms with E-state index in [9.17, 15) is 43.8 Å². The fourth-order valence-electron chi connectivity index (χ4n) is 13.5. The first-order valence-corrected chi connectivity index (χ1v) is 36.8. The predicted molar refractivity (Wildman–Crippen MR) is 434 cm³/mol. The maximum atomic E-state index is 13.8. The van der Waals surface area contributed by atoms with Crippen molar-refractivity contribution in [1.82, 2.24) is 42.4 Å². The molecule has 0 radical (unpaired) electrons. The third kappa shape index (κ3) is 20.8. The average molecular weight is 1630 g/mol. The summed E-state index contributed by atoms with van der Waals surface area (Å²) in [4.78, 5) is 113. The number of rotatable bonds is 23. The zero-order valence-electron chi connectivity index (χ0n) is 64.7. The Morgan fingerprint density at radius 2 is 0.795 bits per heavy atom. The molecule has 28 heteroatoms. The number of carbonyl (C=O) groups excluding carboxylic acids is 1. The number of unbranched alkanes of at least 4 members (excludes halogenated alkanes) is 1. The van der Waals surface area contributed by atoms with Gasteiger partial charge in [0.1, 0.15) is 23.0 Å². The molecule has 0 aliphatic heterocycles. The number of nitrogens with zero attached hydrogens (tertiary/aromatic N) is 9. The number of carboxylic acid groups (broad SMARTS) is 1. The van der Waals surface area contributed by atoms with Crippen molar-refractivity contribution in [1.29, 1.82) is 0 Å². The summed E-state index contributed by atoms with van der Waals surface area (Å²) < 4.78 is 12.6. The number of halogens is 3. The summed E-state index contributed by atoms with van der Waals surface area (Å²) in [6.07, 6.45) is 7.19. The van der Waals surface area contributed by atoms with Gasteiger partial charge >= 0.3 is 35.9 Å².